The lowest BCUT2D eigenvalue weighted by Crippen LogP contribution is -2.46. The Hall–Kier alpha value is -3.49. The number of rotatable bonds is 7. The first kappa shape index (κ1) is 26.1. The second-order valence-corrected chi connectivity index (χ2v) is 9.95. The van der Waals surface area contributed by atoms with Crippen molar-refractivity contribution in [2.45, 2.75) is 31.1 Å². The summed E-state index contributed by atoms with van der Waals surface area (Å²) in [5.74, 6) is -1.64. The molecule has 13 nitrogen and oxygen atoms in total. The molecule has 15 heteroatoms. The van der Waals surface area contributed by atoms with Crippen LogP contribution in [-0.2, 0) is 20.4 Å². The summed E-state index contributed by atoms with van der Waals surface area (Å²) in [4.78, 5) is 25.6. The van der Waals surface area contributed by atoms with Gasteiger partial charge in [0.05, 0.1) is 13.2 Å². The SMILES string of the molecule is Nc1nc([O-])c2c(n1)[n+]([C@H]1O[C@@H](COP(=O)(O)O)[C@H](O)[C@@H]1O)cn2Cc1ccc(-c2ccccc2)cc1F. The zero-order valence-corrected chi connectivity index (χ0v) is 20.4. The van der Waals surface area contributed by atoms with Crippen molar-refractivity contribution in [1.82, 2.24) is 14.5 Å². The second-order valence-electron chi connectivity index (χ2n) is 8.71. The number of aliphatic hydroxyl groups is 2. The molecule has 0 amide bonds. The van der Waals surface area contributed by atoms with Crippen molar-refractivity contribution in [1.29, 1.82) is 0 Å². The van der Waals surface area contributed by atoms with Crippen LogP contribution in [0.15, 0.2) is 54.9 Å². The van der Waals surface area contributed by atoms with Gasteiger partial charge in [0.1, 0.15) is 24.1 Å². The fourth-order valence-electron chi connectivity index (χ4n) is 4.38. The van der Waals surface area contributed by atoms with Crippen LogP contribution in [0, 0.1) is 5.82 Å². The Kier molecular flexibility index (Phi) is 6.88. The molecule has 200 valence electrons. The number of nitrogen functional groups attached to an aromatic ring is 1. The summed E-state index contributed by atoms with van der Waals surface area (Å²) < 4.78 is 38.8. The number of phosphoric acid groups is 1. The van der Waals surface area contributed by atoms with Crippen molar-refractivity contribution in [2.75, 3.05) is 12.3 Å². The fourth-order valence-corrected chi connectivity index (χ4v) is 4.72. The molecule has 5 rings (SSSR count). The molecule has 38 heavy (non-hydrogen) atoms. The van der Waals surface area contributed by atoms with E-state index in [1.165, 1.54) is 21.5 Å². The van der Waals surface area contributed by atoms with Gasteiger partial charge in [0.15, 0.2) is 11.8 Å². The van der Waals surface area contributed by atoms with Gasteiger partial charge in [-0.3, -0.25) is 9.09 Å². The number of aromatic nitrogens is 4. The Morgan fingerprint density at radius 2 is 1.87 bits per heavy atom. The van der Waals surface area contributed by atoms with Gasteiger partial charge in [0, 0.05) is 11.4 Å². The first-order valence-electron chi connectivity index (χ1n) is 11.3. The van der Waals surface area contributed by atoms with E-state index < -0.39 is 50.7 Å². The first-order valence-corrected chi connectivity index (χ1v) is 12.8. The van der Waals surface area contributed by atoms with E-state index in [2.05, 4.69) is 14.5 Å². The lowest BCUT2D eigenvalue weighted by Gasteiger charge is -2.14. The summed E-state index contributed by atoms with van der Waals surface area (Å²) in [6, 6.07) is 13.9. The van der Waals surface area contributed by atoms with Gasteiger partial charge in [0.25, 0.3) is 5.95 Å². The molecule has 0 saturated carbocycles. The number of nitrogens with two attached hydrogens (primary N) is 1. The van der Waals surface area contributed by atoms with Gasteiger partial charge in [0.2, 0.25) is 6.23 Å². The van der Waals surface area contributed by atoms with Crippen LogP contribution >= 0.6 is 7.82 Å². The zero-order valence-electron chi connectivity index (χ0n) is 19.5. The van der Waals surface area contributed by atoms with E-state index in [9.17, 15) is 19.9 Å². The van der Waals surface area contributed by atoms with Crippen LogP contribution in [0.25, 0.3) is 22.3 Å². The number of nitrogens with zero attached hydrogens (tertiary/aromatic N) is 4. The number of benzene rings is 2. The molecular weight excluding hydrogens is 524 g/mol. The highest BCUT2D eigenvalue weighted by atomic mass is 31.2. The Balaban J connectivity index is 1.50. The van der Waals surface area contributed by atoms with Crippen molar-refractivity contribution in [3.05, 3.63) is 66.2 Å². The number of hydrogen-bond acceptors (Lipinski definition) is 9. The maximum atomic E-state index is 15.1. The van der Waals surface area contributed by atoms with Crippen LogP contribution in [0.4, 0.5) is 10.3 Å². The number of phosphoric ester groups is 1. The lowest BCUT2D eigenvalue weighted by atomic mass is 10.0. The Morgan fingerprint density at radius 3 is 2.55 bits per heavy atom. The predicted molar refractivity (Wildman–Crippen MR) is 126 cm³/mol. The number of anilines is 1. The second kappa shape index (κ2) is 10.0. The minimum Gasteiger partial charge on any atom is -0.856 e. The summed E-state index contributed by atoms with van der Waals surface area (Å²) >= 11 is 0. The van der Waals surface area contributed by atoms with E-state index in [0.29, 0.717) is 5.56 Å². The molecule has 4 aromatic rings. The van der Waals surface area contributed by atoms with Crippen LogP contribution in [0.1, 0.15) is 11.8 Å². The van der Waals surface area contributed by atoms with Crippen LogP contribution in [-0.4, -0.2) is 59.5 Å². The summed E-state index contributed by atoms with van der Waals surface area (Å²) in [7, 11) is -4.87. The molecule has 0 bridgehead atoms. The van der Waals surface area contributed by atoms with E-state index in [0.717, 1.165) is 5.56 Å². The smallest absolute Gasteiger partial charge is 0.469 e. The number of fused-ring (bicyclic) bond motifs is 1. The molecule has 1 saturated heterocycles. The van der Waals surface area contributed by atoms with Gasteiger partial charge in [-0.1, -0.05) is 47.4 Å². The maximum absolute atomic E-state index is 15.1. The summed E-state index contributed by atoms with van der Waals surface area (Å²) in [5, 5.41) is 33.8. The standard InChI is InChI=1S/C23H23FN5O8P/c24-15-8-13(12-4-2-1-3-5-12)6-7-14(15)9-28-11-29(20-17(28)21(32)27-23(25)26-20)22-19(31)18(30)16(37-22)10-36-38(33,34)35/h1-8,11,16,18-19,22,30-31H,9-10H2,(H4-,25,26,27,32,33,34,35)/t16-,18-,19-,22-/m0/s1. The topological polar surface area (TPSA) is 200 Å². The lowest BCUT2D eigenvalue weighted by molar-refractivity contribution is -0.745. The average molecular weight is 547 g/mol. The fraction of sp³-hybridized carbons (Fsp3) is 0.261. The number of imidazole rings is 1. The average Bonchev–Trinajstić information content (AvgIpc) is 3.36. The largest absolute Gasteiger partial charge is 0.856 e. The summed E-state index contributed by atoms with van der Waals surface area (Å²) in [5.41, 5.74) is 7.29. The van der Waals surface area contributed by atoms with Gasteiger partial charge in [-0.05, 0) is 17.2 Å². The molecule has 3 heterocycles. The number of ether oxygens (including phenoxy) is 1. The molecule has 1 fully saturated rings. The third-order valence-electron chi connectivity index (χ3n) is 6.17. The maximum Gasteiger partial charge on any atom is 0.469 e. The molecule has 1 aliphatic rings. The number of hydrogen-bond donors (Lipinski definition) is 5. The van der Waals surface area contributed by atoms with Gasteiger partial charge >= 0.3 is 13.5 Å². The van der Waals surface area contributed by atoms with E-state index in [-0.39, 0.29) is 29.2 Å². The first-order chi connectivity index (χ1) is 18.0. The molecule has 4 atom stereocenters. The van der Waals surface area contributed by atoms with E-state index in [4.69, 9.17) is 20.3 Å². The molecule has 0 unspecified atom stereocenters. The van der Waals surface area contributed by atoms with Crippen LogP contribution in [0.3, 0.4) is 0 Å². The van der Waals surface area contributed by atoms with Crippen molar-refractivity contribution in [3.8, 4) is 17.0 Å². The predicted octanol–water partition coefficient (Wildman–Crippen LogP) is -0.0425. The molecule has 0 spiro atoms. The van der Waals surface area contributed by atoms with Gasteiger partial charge in [-0.2, -0.15) is 0 Å². The molecular formula is C23H23FN5O8P. The van der Waals surface area contributed by atoms with Crippen molar-refractivity contribution in [3.63, 3.8) is 0 Å². The molecule has 2 aromatic heterocycles. The highest BCUT2D eigenvalue weighted by Crippen LogP contribution is 2.38. The van der Waals surface area contributed by atoms with E-state index >= 15 is 4.39 Å². The normalized spacial score (nSPS) is 21.8. The Labute approximate surface area is 214 Å². The minimum absolute atomic E-state index is 0.0587. The quantitative estimate of drug-likeness (QED) is 0.154. The Bertz CT molecular complexity index is 1530. The minimum atomic E-state index is -4.87. The monoisotopic (exact) mass is 547 g/mol. The summed E-state index contributed by atoms with van der Waals surface area (Å²) in [6.45, 7) is -0.843. The van der Waals surface area contributed by atoms with Crippen molar-refractivity contribution >= 4 is 24.9 Å². The zero-order chi connectivity index (χ0) is 27.2. The third-order valence-corrected chi connectivity index (χ3v) is 6.65. The highest BCUT2D eigenvalue weighted by molar-refractivity contribution is 7.46. The summed E-state index contributed by atoms with van der Waals surface area (Å²) in [6.07, 6.45) is -4.53. The molecule has 0 aliphatic carbocycles. The molecule has 2 aromatic carbocycles. The van der Waals surface area contributed by atoms with Crippen LogP contribution < -0.4 is 15.4 Å². The third kappa shape index (κ3) is 5.11. The van der Waals surface area contributed by atoms with Crippen molar-refractivity contribution in [2.24, 2.45) is 0 Å². The molecule has 0 radical (unpaired) electrons. The number of halogens is 1. The number of aliphatic hydroxyl groups excluding tert-OH is 2. The van der Waals surface area contributed by atoms with Crippen LogP contribution in [0.2, 0.25) is 0 Å². The molecule has 1 aliphatic heterocycles. The van der Waals surface area contributed by atoms with Gasteiger partial charge in [-0.15, -0.1) is 0 Å². The van der Waals surface area contributed by atoms with E-state index in [1.54, 1.807) is 12.1 Å². The van der Waals surface area contributed by atoms with Crippen LogP contribution in [0.5, 0.6) is 5.88 Å². The highest BCUT2D eigenvalue weighted by Gasteiger charge is 2.47. The Morgan fingerprint density at radius 1 is 1.13 bits per heavy atom. The van der Waals surface area contributed by atoms with Gasteiger partial charge < -0.3 is 35.6 Å². The molecule has 6 N–H and O–H groups in total. The van der Waals surface area contributed by atoms with Crippen molar-refractivity contribution < 1.29 is 47.9 Å². The van der Waals surface area contributed by atoms with Gasteiger partial charge in [-0.25, -0.2) is 18.5 Å². The van der Waals surface area contributed by atoms with E-state index in [1.807, 2.05) is 30.3 Å².